The van der Waals surface area contributed by atoms with E-state index in [1.54, 1.807) is 0 Å². The lowest BCUT2D eigenvalue weighted by molar-refractivity contribution is 0.342. The largest absolute Gasteiger partial charge is 0.505 e. The number of phenols is 1. The van der Waals surface area contributed by atoms with Gasteiger partial charge in [-0.15, -0.1) is 0 Å². The Morgan fingerprint density at radius 3 is 1.35 bits per heavy atom. The fourth-order valence-corrected chi connectivity index (χ4v) is 3.59. The molecule has 2 N–H and O–H groups in total. The predicted octanol–water partition coefficient (Wildman–Crippen LogP) is 8.47. The van der Waals surface area contributed by atoms with E-state index in [1.807, 2.05) is 18.2 Å². The van der Waals surface area contributed by atoms with Crippen molar-refractivity contribution in [3.63, 3.8) is 0 Å². The summed E-state index contributed by atoms with van der Waals surface area (Å²) < 4.78 is 0. The van der Waals surface area contributed by atoms with Gasteiger partial charge in [0.15, 0.2) is 0 Å². The third-order valence-electron chi connectivity index (χ3n) is 5.82. The van der Waals surface area contributed by atoms with E-state index in [0.717, 1.165) is 22.3 Å². The third kappa shape index (κ3) is 5.56. The summed E-state index contributed by atoms with van der Waals surface area (Å²) in [7, 11) is 0. The number of phenolic OH excluding ortho intramolecular Hbond substituents is 1. The van der Waals surface area contributed by atoms with Crippen LogP contribution in [0.15, 0.2) is 24.3 Å². The first-order chi connectivity index (χ1) is 13.7. The number of hydrogen-bond donors (Lipinski definition) is 2. The molecular weight excluding hydrogens is 382 g/mol. The highest BCUT2D eigenvalue weighted by Crippen LogP contribution is 2.45. The topological polar surface area (TPSA) is 52.2 Å². The Balaban J connectivity index is 2.78. The Hall–Kier alpha value is -2.16. The molecule has 0 aliphatic rings. The molecule has 0 heterocycles. The van der Waals surface area contributed by atoms with Crippen LogP contribution in [-0.4, -0.2) is 5.11 Å². The molecular formula is C28H42NO2. The van der Waals surface area contributed by atoms with Crippen molar-refractivity contribution >= 4 is 11.4 Å². The van der Waals surface area contributed by atoms with Gasteiger partial charge < -0.3 is 10.4 Å². The minimum Gasteiger partial charge on any atom is -0.505 e. The molecule has 2 aromatic carbocycles. The Kier molecular flexibility index (Phi) is 6.28. The van der Waals surface area contributed by atoms with Gasteiger partial charge in [0.2, 0.25) is 5.75 Å². The van der Waals surface area contributed by atoms with E-state index in [9.17, 15) is 10.2 Å². The molecule has 171 valence electrons. The summed E-state index contributed by atoms with van der Waals surface area (Å²) in [6.45, 7) is 25.4. The van der Waals surface area contributed by atoms with Gasteiger partial charge in [0.1, 0.15) is 5.75 Å². The molecule has 0 bridgehead atoms. The molecule has 31 heavy (non-hydrogen) atoms. The second-order valence-electron chi connectivity index (χ2n) is 12.9. The van der Waals surface area contributed by atoms with Crippen molar-refractivity contribution in [2.45, 2.75) is 105 Å². The molecule has 0 saturated heterocycles. The zero-order valence-electron chi connectivity index (χ0n) is 21.7. The van der Waals surface area contributed by atoms with Gasteiger partial charge >= 0.3 is 0 Å². The lowest BCUT2D eigenvalue weighted by atomic mass is 9.79. The predicted molar refractivity (Wildman–Crippen MR) is 133 cm³/mol. The van der Waals surface area contributed by atoms with Crippen LogP contribution in [0.2, 0.25) is 0 Å². The highest BCUT2D eigenvalue weighted by atomic mass is 16.3. The van der Waals surface area contributed by atoms with E-state index in [-0.39, 0.29) is 33.2 Å². The molecule has 0 aromatic heterocycles. The van der Waals surface area contributed by atoms with Crippen LogP contribution in [0.25, 0.3) is 0 Å². The maximum atomic E-state index is 13.4. The fourth-order valence-electron chi connectivity index (χ4n) is 3.59. The summed E-state index contributed by atoms with van der Waals surface area (Å²) >= 11 is 0. The molecule has 0 atom stereocenters. The molecule has 2 rings (SSSR count). The average molecular weight is 425 g/mol. The van der Waals surface area contributed by atoms with Crippen molar-refractivity contribution in [1.29, 1.82) is 0 Å². The lowest BCUT2D eigenvalue weighted by Crippen LogP contribution is -2.18. The highest BCUT2D eigenvalue weighted by molar-refractivity contribution is 5.75. The van der Waals surface area contributed by atoms with Crippen LogP contribution >= 0.6 is 0 Å². The second kappa shape index (κ2) is 7.76. The van der Waals surface area contributed by atoms with Crippen LogP contribution in [0.1, 0.15) is 105 Å². The van der Waals surface area contributed by atoms with Crippen LogP contribution in [-0.2, 0) is 26.8 Å². The molecule has 0 fully saturated rings. The van der Waals surface area contributed by atoms with Crippen molar-refractivity contribution in [1.82, 2.24) is 0 Å². The summed E-state index contributed by atoms with van der Waals surface area (Å²) in [6.07, 6.45) is 0. The fraction of sp³-hybridized carbons (Fsp3) is 0.571. The van der Waals surface area contributed by atoms with Gasteiger partial charge in [0.25, 0.3) is 0 Å². The molecule has 0 amide bonds. The van der Waals surface area contributed by atoms with Crippen molar-refractivity contribution in [3.8, 4) is 11.5 Å². The quantitative estimate of drug-likeness (QED) is 0.475. The average Bonchev–Trinajstić information content (AvgIpc) is 2.53. The molecule has 0 unspecified atom stereocenters. The van der Waals surface area contributed by atoms with Gasteiger partial charge in [-0.3, -0.25) is 5.11 Å². The molecule has 0 saturated carbocycles. The maximum absolute atomic E-state index is 13.4. The standard InChI is InChI=1S/C28H42NO2/c1-25(2,3)17-13-19(27(7,8)9)23(30)21(15-17)29-22-16-18(26(4,5)6)14-20(24(22)31)28(10,11)12/h13-16,29-30H,1-12H3. The first kappa shape index (κ1) is 25.1. The van der Waals surface area contributed by atoms with E-state index in [2.05, 4.69) is 94.5 Å². The Morgan fingerprint density at radius 1 is 0.581 bits per heavy atom. The summed E-state index contributed by atoms with van der Waals surface area (Å²) in [4.78, 5) is 0. The maximum Gasteiger partial charge on any atom is 0.205 e. The smallest absolute Gasteiger partial charge is 0.205 e. The van der Waals surface area contributed by atoms with Gasteiger partial charge in [-0.1, -0.05) is 95.2 Å². The summed E-state index contributed by atoms with van der Waals surface area (Å²) in [6, 6.07) is 8.05. The lowest BCUT2D eigenvalue weighted by Gasteiger charge is -2.29. The number of aromatic hydroxyl groups is 1. The Morgan fingerprint density at radius 2 is 0.968 bits per heavy atom. The molecule has 2 aromatic rings. The number of benzene rings is 2. The van der Waals surface area contributed by atoms with Crippen molar-refractivity contribution < 1.29 is 10.2 Å². The van der Waals surface area contributed by atoms with Crippen LogP contribution in [0.3, 0.4) is 0 Å². The summed E-state index contributed by atoms with van der Waals surface area (Å²) in [5.74, 6) is 0.191. The summed E-state index contributed by atoms with van der Waals surface area (Å²) in [5, 5.41) is 27.9. The van der Waals surface area contributed by atoms with Gasteiger partial charge in [-0.2, -0.15) is 0 Å². The zero-order valence-corrected chi connectivity index (χ0v) is 21.7. The van der Waals surface area contributed by atoms with Crippen LogP contribution in [0, 0.1) is 0 Å². The number of hydrogen-bond acceptors (Lipinski definition) is 2. The van der Waals surface area contributed by atoms with Gasteiger partial charge in [-0.05, 0) is 44.9 Å². The Labute approximate surface area is 189 Å². The number of rotatable bonds is 2. The summed E-state index contributed by atoms with van der Waals surface area (Å²) in [5.41, 5.74) is 4.27. The van der Waals surface area contributed by atoms with Crippen LogP contribution < -0.4 is 5.32 Å². The van der Waals surface area contributed by atoms with Crippen molar-refractivity contribution in [2.24, 2.45) is 0 Å². The van der Waals surface area contributed by atoms with E-state index in [1.165, 1.54) is 0 Å². The van der Waals surface area contributed by atoms with Crippen molar-refractivity contribution in [2.75, 3.05) is 5.32 Å². The molecule has 3 nitrogen and oxygen atoms in total. The van der Waals surface area contributed by atoms with E-state index in [4.69, 9.17) is 0 Å². The number of nitrogens with one attached hydrogen (secondary N) is 1. The SMILES string of the molecule is CC(C)(C)c1cc(Nc2cc(C(C)(C)C)cc(C(C)(C)C)c2O)c([O])c(C(C)(C)C)c1. The van der Waals surface area contributed by atoms with E-state index < -0.39 is 0 Å². The first-order valence-electron chi connectivity index (χ1n) is 11.2. The molecule has 0 spiro atoms. The zero-order chi connectivity index (χ0) is 24.2. The first-order valence-corrected chi connectivity index (χ1v) is 11.2. The van der Waals surface area contributed by atoms with Gasteiger partial charge in [0, 0.05) is 11.1 Å². The number of anilines is 2. The van der Waals surface area contributed by atoms with Gasteiger partial charge in [0.05, 0.1) is 11.4 Å². The molecule has 0 aliphatic heterocycles. The normalized spacial score (nSPS) is 13.4. The second-order valence-corrected chi connectivity index (χ2v) is 12.9. The van der Waals surface area contributed by atoms with E-state index in [0.29, 0.717) is 11.4 Å². The molecule has 0 aliphatic carbocycles. The minimum absolute atomic E-state index is 0.0154. The Bertz CT molecular complexity index is 879. The minimum atomic E-state index is -0.277. The molecule has 3 heteroatoms. The van der Waals surface area contributed by atoms with E-state index >= 15 is 0 Å². The van der Waals surface area contributed by atoms with Crippen molar-refractivity contribution in [3.05, 3.63) is 46.5 Å². The highest BCUT2D eigenvalue weighted by Gasteiger charge is 2.28. The third-order valence-corrected chi connectivity index (χ3v) is 5.82. The van der Waals surface area contributed by atoms with Crippen LogP contribution in [0.4, 0.5) is 11.4 Å². The van der Waals surface area contributed by atoms with Gasteiger partial charge in [-0.25, -0.2) is 0 Å². The molecule has 1 radical (unpaired) electrons. The van der Waals surface area contributed by atoms with Crippen LogP contribution in [0.5, 0.6) is 11.5 Å². The monoisotopic (exact) mass is 424 g/mol.